The lowest BCUT2D eigenvalue weighted by molar-refractivity contribution is -0.869. The van der Waals surface area contributed by atoms with Crippen LogP contribution >= 0.6 is 7.67 Å². The molecule has 0 aliphatic heterocycles. The van der Waals surface area contributed by atoms with E-state index in [1.54, 1.807) is 0 Å². The van der Waals surface area contributed by atoms with Gasteiger partial charge in [-0.3, -0.25) is 0 Å². The molecule has 26 heavy (non-hydrogen) atoms. The number of aryl methyl sites for hydroxylation is 1. The molecule has 0 bridgehead atoms. The van der Waals surface area contributed by atoms with E-state index in [-0.39, 0.29) is 34.0 Å². The average molecular weight is 518 g/mol. The van der Waals surface area contributed by atoms with E-state index in [0.717, 1.165) is 27.6 Å². The molecular formula is C17H35Br2N4O2P. The summed E-state index contributed by atoms with van der Waals surface area (Å²) in [5.41, 5.74) is 1.15. The lowest BCUT2D eigenvalue weighted by Gasteiger charge is -2.28. The molecule has 9 heteroatoms. The monoisotopic (exact) mass is 516 g/mol. The SMILES string of the molecule is Cc1ccc(OP(=O)(NCC[N+](C)(C)C)NCC[N+](C)(C)C)cc1.[Br-].[Br-]. The van der Waals surface area contributed by atoms with Crippen LogP contribution in [0.4, 0.5) is 0 Å². The number of halogens is 2. The van der Waals surface area contributed by atoms with E-state index >= 15 is 0 Å². The third kappa shape index (κ3) is 13.3. The Morgan fingerprint density at radius 1 is 0.846 bits per heavy atom. The number of hydrogen-bond acceptors (Lipinski definition) is 2. The first-order valence-corrected chi connectivity index (χ1v) is 9.99. The second-order valence-corrected chi connectivity index (χ2v) is 10.2. The van der Waals surface area contributed by atoms with Gasteiger partial charge in [0.15, 0.2) is 0 Å². The van der Waals surface area contributed by atoms with E-state index in [9.17, 15) is 4.57 Å². The van der Waals surface area contributed by atoms with Gasteiger partial charge >= 0.3 is 7.67 Å². The Balaban J connectivity index is 0. The van der Waals surface area contributed by atoms with Crippen LogP contribution in [0.2, 0.25) is 0 Å². The second kappa shape index (κ2) is 11.8. The van der Waals surface area contributed by atoms with Crippen LogP contribution in [0.15, 0.2) is 24.3 Å². The summed E-state index contributed by atoms with van der Waals surface area (Å²) in [5, 5.41) is 6.20. The first-order valence-electron chi connectivity index (χ1n) is 8.36. The first kappa shape index (κ1) is 28.3. The van der Waals surface area contributed by atoms with Gasteiger partial charge in [-0.25, -0.2) is 14.7 Å². The first-order chi connectivity index (χ1) is 10.9. The van der Waals surface area contributed by atoms with Gasteiger partial charge in [-0.1, -0.05) is 17.7 Å². The molecule has 0 aliphatic rings. The Morgan fingerprint density at radius 3 is 1.58 bits per heavy atom. The van der Waals surface area contributed by atoms with E-state index in [1.807, 2.05) is 31.2 Å². The predicted octanol–water partition coefficient (Wildman–Crippen LogP) is -3.92. The van der Waals surface area contributed by atoms with Crippen LogP contribution in [0.3, 0.4) is 0 Å². The topological polar surface area (TPSA) is 50.4 Å². The number of nitrogens with zero attached hydrogens (tertiary/aromatic N) is 2. The standard InChI is InChI=1S/C17H35N4O2P.2BrH/c1-16-8-10-17(11-9-16)23-24(22,18-12-14-20(2,3)4)19-13-15-21(5,6)7;;/h8-11H,12-15H2,1-7H3,(H2,18,19,22);2*1H/q+2;;/p-2. The van der Waals surface area contributed by atoms with Crippen LogP contribution in [0.1, 0.15) is 5.56 Å². The van der Waals surface area contributed by atoms with E-state index in [0.29, 0.717) is 18.8 Å². The molecule has 0 saturated carbocycles. The molecule has 0 atom stereocenters. The van der Waals surface area contributed by atoms with Crippen molar-refractivity contribution in [1.29, 1.82) is 0 Å². The van der Waals surface area contributed by atoms with Crippen molar-refractivity contribution < 1.29 is 52.0 Å². The second-order valence-electron chi connectivity index (χ2n) is 8.30. The van der Waals surface area contributed by atoms with Crippen molar-refractivity contribution in [3.8, 4) is 5.75 Å². The molecule has 0 heterocycles. The Kier molecular flexibility index (Phi) is 12.8. The number of quaternary nitrogens is 2. The van der Waals surface area contributed by atoms with Crippen molar-refractivity contribution in [2.75, 3.05) is 68.5 Å². The molecule has 0 saturated heterocycles. The van der Waals surface area contributed by atoms with Crippen molar-refractivity contribution in [3.63, 3.8) is 0 Å². The summed E-state index contributed by atoms with van der Waals surface area (Å²) in [6.07, 6.45) is 0. The lowest BCUT2D eigenvalue weighted by atomic mass is 10.2. The lowest BCUT2D eigenvalue weighted by Crippen LogP contribution is -3.00. The Morgan fingerprint density at radius 2 is 1.23 bits per heavy atom. The summed E-state index contributed by atoms with van der Waals surface area (Å²) in [6.45, 7) is 4.97. The van der Waals surface area contributed by atoms with Gasteiger partial charge in [-0.15, -0.1) is 0 Å². The van der Waals surface area contributed by atoms with Crippen LogP contribution in [0.5, 0.6) is 5.75 Å². The molecule has 154 valence electrons. The number of benzene rings is 1. The van der Waals surface area contributed by atoms with Crippen molar-refractivity contribution in [3.05, 3.63) is 29.8 Å². The maximum atomic E-state index is 13.2. The van der Waals surface area contributed by atoms with Crippen LogP contribution in [-0.4, -0.2) is 77.4 Å². The van der Waals surface area contributed by atoms with Crippen LogP contribution in [0, 0.1) is 6.92 Å². The van der Waals surface area contributed by atoms with Crippen molar-refractivity contribution in [1.82, 2.24) is 10.2 Å². The summed E-state index contributed by atoms with van der Waals surface area (Å²) in [4.78, 5) is 0. The molecule has 0 spiro atoms. The highest BCUT2D eigenvalue weighted by Crippen LogP contribution is 2.38. The fourth-order valence-electron chi connectivity index (χ4n) is 1.93. The van der Waals surface area contributed by atoms with Gasteiger partial charge in [0.2, 0.25) is 0 Å². The molecule has 2 N–H and O–H groups in total. The Bertz CT molecular complexity index is 533. The summed E-state index contributed by atoms with van der Waals surface area (Å²) >= 11 is 0. The highest BCUT2D eigenvalue weighted by molar-refractivity contribution is 7.55. The van der Waals surface area contributed by atoms with Crippen molar-refractivity contribution in [2.24, 2.45) is 0 Å². The summed E-state index contributed by atoms with van der Waals surface area (Å²) < 4.78 is 20.6. The molecule has 0 unspecified atom stereocenters. The van der Waals surface area contributed by atoms with E-state index in [1.165, 1.54) is 0 Å². The fourth-order valence-corrected chi connectivity index (χ4v) is 3.38. The third-order valence-electron chi connectivity index (χ3n) is 3.46. The largest absolute Gasteiger partial charge is 1.00 e. The number of rotatable bonds is 10. The zero-order chi connectivity index (χ0) is 18.4. The number of nitrogens with one attached hydrogen (secondary N) is 2. The molecule has 0 aromatic heterocycles. The number of hydrogen-bond donors (Lipinski definition) is 2. The zero-order valence-electron chi connectivity index (χ0n) is 17.1. The fraction of sp³-hybridized carbons (Fsp3) is 0.647. The summed E-state index contributed by atoms with van der Waals surface area (Å²) in [7, 11) is 9.51. The van der Waals surface area contributed by atoms with Gasteiger partial charge in [0.25, 0.3) is 0 Å². The van der Waals surface area contributed by atoms with Gasteiger partial charge in [-0.05, 0) is 19.1 Å². The minimum absolute atomic E-state index is 0. The van der Waals surface area contributed by atoms with Gasteiger partial charge in [0, 0.05) is 0 Å². The molecule has 0 fully saturated rings. The summed E-state index contributed by atoms with van der Waals surface area (Å²) in [6, 6.07) is 7.62. The van der Waals surface area contributed by atoms with Crippen molar-refractivity contribution >= 4 is 7.67 Å². The minimum atomic E-state index is -3.15. The number of likely N-dealkylation sites (N-methyl/N-ethyl adjacent to an activating group) is 2. The quantitative estimate of drug-likeness (QED) is 0.246. The molecule has 0 radical (unpaired) electrons. The van der Waals surface area contributed by atoms with Gasteiger partial charge in [0.05, 0.1) is 68.5 Å². The van der Waals surface area contributed by atoms with Crippen LogP contribution in [0.25, 0.3) is 0 Å². The molecule has 1 rings (SSSR count). The van der Waals surface area contributed by atoms with E-state index < -0.39 is 7.67 Å². The molecule has 1 aromatic carbocycles. The van der Waals surface area contributed by atoms with Crippen molar-refractivity contribution in [2.45, 2.75) is 6.92 Å². The maximum Gasteiger partial charge on any atom is 0.390 e. The minimum Gasteiger partial charge on any atom is -1.00 e. The van der Waals surface area contributed by atoms with Gasteiger partial charge < -0.3 is 47.5 Å². The molecule has 6 nitrogen and oxygen atoms in total. The molecular weight excluding hydrogens is 483 g/mol. The summed E-state index contributed by atoms with van der Waals surface area (Å²) in [5.74, 6) is 0.611. The molecule has 0 amide bonds. The highest BCUT2D eigenvalue weighted by Gasteiger charge is 2.25. The Labute approximate surface area is 180 Å². The maximum absolute atomic E-state index is 13.2. The predicted molar refractivity (Wildman–Crippen MR) is 101 cm³/mol. The molecule has 1 aromatic rings. The normalized spacial score (nSPS) is 12.1. The van der Waals surface area contributed by atoms with Crippen LogP contribution < -0.4 is 48.7 Å². The highest BCUT2D eigenvalue weighted by atomic mass is 79.9. The Hall–Kier alpha value is 0.0500. The molecule has 0 aliphatic carbocycles. The third-order valence-corrected chi connectivity index (χ3v) is 5.21. The van der Waals surface area contributed by atoms with E-state index in [4.69, 9.17) is 4.52 Å². The van der Waals surface area contributed by atoms with Gasteiger partial charge in [-0.2, -0.15) is 0 Å². The van der Waals surface area contributed by atoms with Gasteiger partial charge in [0.1, 0.15) is 5.75 Å². The van der Waals surface area contributed by atoms with Crippen LogP contribution in [-0.2, 0) is 4.57 Å². The smallest absolute Gasteiger partial charge is 0.390 e. The van der Waals surface area contributed by atoms with E-state index in [2.05, 4.69) is 52.5 Å². The average Bonchev–Trinajstić information content (AvgIpc) is 2.38. The zero-order valence-corrected chi connectivity index (χ0v) is 21.1.